The third kappa shape index (κ3) is 1.32. The summed E-state index contributed by atoms with van der Waals surface area (Å²) in [6.45, 7) is 0. The summed E-state index contributed by atoms with van der Waals surface area (Å²) in [4.78, 5) is 11.4. The fraction of sp³-hybridized carbons (Fsp3) is 0.100. The van der Waals surface area contributed by atoms with Crippen molar-refractivity contribution in [3.63, 3.8) is 0 Å². The van der Waals surface area contributed by atoms with Crippen molar-refractivity contribution in [3.05, 3.63) is 39.1 Å². The van der Waals surface area contributed by atoms with E-state index in [1.165, 1.54) is 10.6 Å². The van der Waals surface area contributed by atoms with Crippen molar-refractivity contribution in [2.24, 2.45) is 7.05 Å². The number of nitrogens with zero attached hydrogens (tertiary/aromatic N) is 1. The molecule has 14 heavy (non-hydrogen) atoms. The van der Waals surface area contributed by atoms with Gasteiger partial charge in [0.1, 0.15) is 5.75 Å². The van der Waals surface area contributed by atoms with Gasteiger partial charge in [0.15, 0.2) is 0 Å². The van der Waals surface area contributed by atoms with Gasteiger partial charge in [-0.15, -0.1) is 0 Å². The minimum atomic E-state index is -0.215. The minimum absolute atomic E-state index is 0.0237. The Kier molecular flexibility index (Phi) is 2.07. The molecule has 0 saturated carbocycles. The third-order valence-electron chi connectivity index (χ3n) is 2.19. The Bertz CT molecular complexity index is 560. The first-order chi connectivity index (χ1) is 6.59. The Morgan fingerprint density at radius 1 is 1.36 bits per heavy atom. The quantitative estimate of drug-likeness (QED) is 0.781. The molecule has 0 atom stereocenters. The highest BCUT2D eigenvalue weighted by Gasteiger charge is 2.05. The number of rotatable bonds is 0. The van der Waals surface area contributed by atoms with Gasteiger partial charge in [-0.25, -0.2) is 0 Å². The van der Waals surface area contributed by atoms with E-state index in [1.807, 2.05) is 6.07 Å². The molecular formula is C10H8BrNO2. The van der Waals surface area contributed by atoms with Crippen LogP contribution in [0.25, 0.3) is 10.9 Å². The molecule has 2 aromatic rings. The highest BCUT2D eigenvalue weighted by molar-refractivity contribution is 9.10. The van der Waals surface area contributed by atoms with Crippen LogP contribution in [0, 0.1) is 0 Å². The molecule has 1 N–H and O–H groups in total. The second kappa shape index (κ2) is 3.13. The van der Waals surface area contributed by atoms with E-state index < -0.39 is 0 Å². The second-order valence-electron chi connectivity index (χ2n) is 3.09. The predicted octanol–water partition coefficient (Wildman–Crippen LogP) is 2.01. The smallest absolute Gasteiger partial charge is 0.254 e. The van der Waals surface area contributed by atoms with E-state index in [4.69, 9.17) is 0 Å². The molecule has 0 aliphatic carbocycles. The van der Waals surface area contributed by atoms with Gasteiger partial charge < -0.3 is 9.67 Å². The predicted molar refractivity (Wildman–Crippen MR) is 58.6 cm³/mol. The largest absolute Gasteiger partial charge is 0.507 e. The maximum atomic E-state index is 11.4. The summed E-state index contributed by atoms with van der Waals surface area (Å²) in [7, 11) is 1.68. The van der Waals surface area contributed by atoms with E-state index in [2.05, 4.69) is 15.9 Å². The molecular weight excluding hydrogens is 246 g/mol. The van der Waals surface area contributed by atoms with Crippen molar-refractivity contribution in [2.75, 3.05) is 0 Å². The van der Waals surface area contributed by atoms with Crippen molar-refractivity contribution < 1.29 is 5.11 Å². The van der Waals surface area contributed by atoms with Crippen LogP contribution in [0.1, 0.15) is 0 Å². The molecule has 3 nitrogen and oxygen atoms in total. The Labute approximate surface area is 88.7 Å². The zero-order valence-electron chi connectivity index (χ0n) is 7.49. The van der Waals surface area contributed by atoms with E-state index in [0.717, 1.165) is 4.47 Å². The molecule has 4 heteroatoms. The number of fused-ring (bicyclic) bond motifs is 1. The Hall–Kier alpha value is -1.29. The Morgan fingerprint density at radius 2 is 2.07 bits per heavy atom. The molecule has 72 valence electrons. The van der Waals surface area contributed by atoms with Crippen LogP contribution in [0.4, 0.5) is 0 Å². The normalized spacial score (nSPS) is 10.7. The molecule has 1 aromatic heterocycles. The Morgan fingerprint density at radius 3 is 2.79 bits per heavy atom. The van der Waals surface area contributed by atoms with Crippen molar-refractivity contribution in [1.82, 2.24) is 4.57 Å². The minimum Gasteiger partial charge on any atom is -0.507 e. The van der Waals surface area contributed by atoms with E-state index >= 15 is 0 Å². The van der Waals surface area contributed by atoms with Gasteiger partial charge in [-0.3, -0.25) is 4.79 Å². The fourth-order valence-corrected chi connectivity index (χ4v) is 1.76. The molecule has 1 aromatic carbocycles. The topological polar surface area (TPSA) is 42.2 Å². The van der Waals surface area contributed by atoms with E-state index in [0.29, 0.717) is 10.9 Å². The second-order valence-corrected chi connectivity index (χ2v) is 4.00. The van der Waals surface area contributed by atoms with Crippen LogP contribution >= 0.6 is 15.9 Å². The summed E-state index contributed by atoms with van der Waals surface area (Å²) in [5.74, 6) is 0.0237. The van der Waals surface area contributed by atoms with Crippen LogP contribution in [0.15, 0.2) is 33.5 Å². The molecule has 0 bridgehead atoms. The average molecular weight is 254 g/mol. The lowest BCUT2D eigenvalue weighted by Gasteiger charge is -2.06. The number of aromatic hydroxyl groups is 1. The van der Waals surface area contributed by atoms with Gasteiger partial charge in [0.05, 0.1) is 5.52 Å². The van der Waals surface area contributed by atoms with Gasteiger partial charge in [-0.1, -0.05) is 15.9 Å². The number of halogens is 1. The fourth-order valence-electron chi connectivity index (χ4n) is 1.41. The lowest BCUT2D eigenvalue weighted by atomic mass is 10.2. The molecule has 0 saturated heterocycles. The summed E-state index contributed by atoms with van der Waals surface area (Å²) < 4.78 is 2.38. The first-order valence-corrected chi connectivity index (χ1v) is 4.87. The zero-order valence-corrected chi connectivity index (χ0v) is 9.08. The van der Waals surface area contributed by atoms with E-state index in [-0.39, 0.29) is 11.3 Å². The summed E-state index contributed by atoms with van der Waals surface area (Å²) >= 11 is 3.32. The first-order valence-electron chi connectivity index (χ1n) is 4.08. The number of aromatic nitrogens is 1. The van der Waals surface area contributed by atoms with Gasteiger partial charge in [0.2, 0.25) is 0 Å². The molecule has 0 aliphatic heterocycles. The van der Waals surface area contributed by atoms with Crippen molar-refractivity contribution >= 4 is 26.8 Å². The van der Waals surface area contributed by atoms with Crippen LogP contribution in [0.3, 0.4) is 0 Å². The van der Waals surface area contributed by atoms with E-state index in [1.54, 1.807) is 19.2 Å². The van der Waals surface area contributed by atoms with Gasteiger partial charge in [0, 0.05) is 23.0 Å². The van der Waals surface area contributed by atoms with Gasteiger partial charge >= 0.3 is 0 Å². The molecule has 0 fully saturated rings. The van der Waals surface area contributed by atoms with Gasteiger partial charge in [-0.05, 0) is 18.2 Å². The van der Waals surface area contributed by atoms with Crippen molar-refractivity contribution in [2.45, 2.75) is 0 Å². The maximum Gasteiger partial charge on any atom is 0.254 e. The van der Waals surface area contributed by atoms with Crippen LogP contribution in [0.5, 0.6) is 5.75 Å². The molecule has 0 spiro atoms. The number of pyridine rings is 1. The van der Waals surface area contributed by atoms with Gasteiger partial charge in [-0.2, -0.15) is 0 Å². The SMILES string of the molecule is Cn1c(=O)cc(O)c2ccc(Br)cc21. The molecule has 0 unspecified atom stereocenters. The lowest BCUT2D eigenvalue weighted by Crippen LogP contribution is -2.15. The summed E-state index contributed by atoms with van der Waals surface area (Å²) in [6, 6.07) is 6.62. The highest BCUT2D eigenvalue weighted by Crippen LogP contribution is 2.24. The number of hydrogen-bond acceptors (Lipinski definition) is 2. The molecule has 0 radical (unpaired) electrons. The highest BCUT2D eigenvalue weighted by atomic mass is 79.9. The maximum absolute atomic E-state index is 11.4. The monoisotopic (exact) mass is 253 g/mol. The first kappa shape index (κ1) is 9.27. The number of aryl methyl sites for hydroxylation is 1. The zero-order chi connectivity index (χ0) is 10.3. The summed E-state index contributed by atoms with van der Waals surface area (Å²) in [6.07, 6.45) is 0. The third-order valence-corrected chi connectivity index (χ3v) is 2.68. The summed E-state index contributed by atoms with van der Waals surface area (Å²) in [5, 5.41) is 10.2. The van der Waals surface area contributed by atoms with Crippen LogP contribution in [-0.4, -0.2) is 9.67 Å². The standard InChI is InChI=1S/C10H8BrNO2/c1-12-8-4-6(11)2-3-7(8)9(13)5-10(12)14/h2-5,13H,1H3. The lowest BCUT2D eigenvalue weighted by molar-refractivity contribution is 0.479. The molecule has 1 heterocycles. The molecule has 2 rings (SSSR count). The Balaban J connectivity index is 3.03. The number of benzene rings is 1. The van der Waals surface area contributed by atoms with Gasteiger partial charge in [0.25, 0.3) is 5.56 Å². The van der Waals surface area contributed by atoms with Crippen LogP contribution in [0.2, 0.25) is 0 Å². The summed E-state index contributed by atoms with van der Waals surface area (Å²) in [5.41, 5.74) is 0.498. The van der Waals surface area contributed by atoms with Crippen LogP contribution < -0.4 is 5.56 Å². The number of hydrogen-bond donors (Lipinski definition) is 1. The van der Waals surface area contributed by atoms with Crippen molar-refractivity contribution in [1.29, 1.82) is 0 Å². The van der Waals surface area contributed by atoms with Crippen LogP contribution in [-0.2, 0) is 7.05 Å². The van der Waals surface area contributed by atoms with Crippen molar-refractivity contribution in [3.8, 4) is 5.75 Å². The average Bonchev–Trinajstić information content (AvgIpc) is 2.14. The molecule has 0 aliphatic rings. The van der Waals surface area contributed by atoms with E-state index in [9.17, 15) is 9.90 Å². The molecule has 0 amide bonds.